The van der Waals surface area contributed by atoms with Gasteiger partial charge in [-0.25, -0.2) is 9.55 Å². The van der Waals surface area contributed by atoms with E-state index >= 15 is 0 Å². The third-order valence-corrected chi connectivity index (χ3v) is 5.81. The lowest BCUT2D eigenvalue weighted by atomic mass is 9.86. The Morgan fingerprint density at radius 3 is 2.72 bits per heavy atom. The zero-order valence-corrected chi connectivity index (χ0v) is 17.2. The summed E-state index contributed by atoms with van der Waals surface area (Å²) in [5, 5.41) is 1.67. The highest BCUT2D eigenvalue weighted by Crippen LogP contribution is 2.38. The number of benzene rings is 1. The standard InChI is InChI=1S/C26H29N2O/c1-4-18-14-15-28(3)23(16-18)24-17(2)10-11-20-21-12-13-22(19-8-6-5-7-9-19)27-26(21)29-25(20)24/h10-16,19H,4-9H2,1-3H3/q+1/i8D2,9D2,19D. The third-order valence-electron chi connectivity index (χ3n) is 5.81. The molecule has 4 aromatic rings. The molecule has 0 bridgehead atoms. The number of aryl methyl sites for hydroxylation is 3. The van der Waals surface area contributed by atoms with Crippen molar-refractivity contribution >= 4 is 22.1 Å². The van der Waals surface area contributed by atoms with Gasteiger partial charge >= 0.3 is 0 Å². The van der Waals surface area contributed by atoms with E-state index < -0.39 is 18.6 Å². The van der Waals surface area contributed by atoms with Gasteiger partial charge in [0.2, 0.25) is 11.4 Å². The van der Waals surface area contributed by atoms with E-state index in [1.165, 1.54) is 5.56 Å². The van der Waals surface area contributed by atoms with Crippen molar-refractivity contribution in [2.45, 2.75) is 58.2 Å². The van der Waals surface area contributed by atoms with Gasteiger partial charge in [-0.2, -0.15) is 0 Å². The number of pyridine rings is 2. The predicted octanol–water partition coefficient (Wildman–Crippen LogP) is 6.39. The Hall–Kier alpha value is -2.68. The summed E-state index contributed by atoms with van der Waals surface area (Å²) < 4.78 is 51.3. The zero-order valence-electron chi connectivity index (χ0n) is 22.2. The van der Waals surface area contributed by atoms with E-state index in [1.54, 1.807) is 12.1 Å². The number of hydrogen-bond donors (Lipinski definition) is 0. The fraction of sp³-hybridized carbons (Fsp3) is 0.385. The van der Waals surface area contributed by atoms with Crippen LogP contribution in [0.3, 0.4) is 0 Å². The van der Waals surface area contributed by atoms with Crippen molar-refractivity contribution in [2.75, 3.05) is 0 Å². The molecule has 0 spiro atoms. The number of hydrogen-bond acceptors (Lipinski definition) is 2. The van der Waals surface area contributed by atoms with Gasteiger partial charge < -0.3 is 4.42 Å². The zero-order chi connectivity index (χ0) is 24.5. The first-order chi connectivity index (χ1) is 16.0. The predicted molar refractivity (Wildman–Crippen MR) is 118 cm³/mol. The maximum absolute atomic E-state index is 9.00. The van der Waals surface area contributed by atoms with Crippen LogP contribution in [0.4, 0.5) is 0 Å². The van der Waals surface area contributed by atoms with E-state index in [0.29, 0.717) is 17.7 Å². The van der Waals surface area contributed by atoms with E-state index in [-0.39, 0.29) is 18.5 Å². The first-order valence-corrected chi connectivity index (χ1v) is 10.3. The van der Waals surface area contributed by atoms with Gasteiger partial charge in [0.1, 0.15) is 7.05 Å². The Morgan fingerprint density at radius 2 is 1.93 bits per heavy atom. The van der Waals surface area contributed by atoms with Gasteiger partial charge in [-0.3, -0.25) is 0 Å². The molecule has 0 saturated heterocycles. The summed E-state index contributed by atoms with van der Waals surface area (Å²) in [7, 11) is 2.00. The molecule has 0 aliphatic heterocycles. The molecule has 1 saturated carbocycles. The van der Waals surface area contributed by atoms with Crippen LogP contribution in [0.15, 0.2) is 47.0 Å². The Balaban J connectivity index is 1.76. The van der Waals surface area contributed by atoms with Gasteiger partial charge in [-0.15, -0.1) is 0 Å². The van der Waals surface area contributed by atoms with E-state index in [2.05, 4.69) is 34.7 Å². The monoisotopic (exact) mass is 390 g/mol. The van der Waals surface area contributed by atoms with E-state index in [1.807, 2.05) is 26.2 Å². The number of furan rings is 1. The van der Waals surface area contributed by atoms with Crippen molar-refractivity contribution in [3.63, 3.8) is 0 Å². The Bertz CT molecular complexity index is 1410. The molecule has 5 rings (SSSR count). The Labute approximate surface area is 179 Å². The quantitative estimate of drug-likeness (QED) is 0.379. The van der Waals surface area contributed by atoms with Crippen LogP contribution in [0, 0.1) is 6.92 Å². The number of rotatable bonds is 3. The lowest BCUT2D eigenvalue weighted by Gasteiger charge is -2.20. The highest BCUT2D eigenvalue weighted by molar-refractivity contribution is 6.08. The molecule has 1 aromatic carbocycles. The van der Waals surface area contributed by atoms with Crippen LogP contribution in [-0.4, -0.2) is 4.98 Å². The van der Waals surface area contributed by atoms with E-state index in [0.717, 1.165) is 34.0 Å². The fourth-order valence-electron chi connectivity index (χ4n) is 4.12. The van der Waals surface area contributed by atoms with Crippen LogP contribution in [0.25, 0.3) is 33.3 Å². The largest absolute Gasteiger partial charge is 0.437 e. The topological polar surface area (TPSA) is 29.9 Å². The first kappa shape index (κ1) is 13.5. The van der Waals surface area contributed by atoms with Crippen molar-refractivity contribution in [3.05, 3.63) is 59.4 Å². The molecule has 0 N–H and O–H groups in total. The van der Waals surface area contributed by atoms with Crippen LogP contribution < -0.4 is 4.57 Å². The molecule has 3 heteroatoms. The average molecular weight is 391 g/mol. The van der Waals surface area contributed by atoms with Crippen molar-refractivity contribution in [3.8, 4) is 11.3 Å². The lowest BCUT2D eigenvalue weighted by Crippen LogP contribution is -2.30. The summed E-state index contributed by atoms with van der Waals surface area (Å²) in [6.45, 7) is 4.17. The van der Waals surface area contributed by atoms with Gasteiger partial charge in [-0.05, 0) is 49.4 Å². The maximum Gasteiger partial charge on any atom is 0.227 e. The molecule has 3 nitrogen and oxygen atoms in total. The molecule has 3 heterocycles. The van der Waals surface area contributed by atoms with Crippen LogP contribution in [0.1, 0.15) is 68.5 Å². The molecule has 1 aliphatic rings. The number of fused-ring (bicyclic) bond motifs is 3. The van der Waals surface area contributed by atoms with Gasteiger partial charge in [0.05, 0.1) is 5.56 Å². The number of aromatic nitrogens is 2. The minimum absolute atomic E-state index is 0.0746. The second-order valence-electron chi connectivity index (χ2n) is 7.75. The minimum Gasteiger partial charge on any atom is -0.437 e. The summed E-state index contributed by atoms with van der Waals surface area (Å²) in [4.78, 5) is 4.58. The molecule has 0 radical (unpaired) electrons. The second-order valence-corrected chi connectivity index (χ2v) is 7.75. The Morgan fingerprint density at radius 1 is 1.14 bits per heavy atom. The summed E-state index contributed by atoms with van der Waals surface area (Å²) in [5.74, 6) is -2.12. The highest BCUT2D eigenvalue weighted by Gasteiger charge is 2.23. The van der Waals surface area contributed by atoms with Crippen LogP contribution in [0.5, 0.6) is 0 Å². The summed E-state index contributed by atoms with van der Waals surface area (Å²) in [6, 6.07) is 11.7. The lowest BCUT2D eigenvalue weighted by molar-refractivity contribution is -0.660. The summed E-state index contributed by atoms with van der Waals surface area (Å²) in [5.41, 5.74) is 5.35. The van der Waals surface area contributed by atoms with Crippen LogP contribution in [0.2, 0.25) is 0 Å². The smallest absolute Gasteiger partial charge is 0.227 e. The molecule has 3 aromatic heterocycles. The highest BCUT2D eigenvalue weighted by atomic mass is 16.3. The molecule has 1 aliphatic carbocycles. The molecule has 148 valence electrons. The van der Waals surface area contributed by atoms with Gasteiger partial charge in [0.25, 0.3) is 0 Å². The Kier molecular flexibility index (Phi) is 3.40. The number of nitrogens with zero attached hydrogens (tertiary/aromatic N) is 2. The SMILES string of the molecule is [2H]C1([2H])CCCC([2H])([2H])C1([2H])c1ccc2c(n1)oc1c(-c3cc(CC)cc[n+]3C)c(C)ccc12. The minimum atomic E-state index is -2.12. The molecular weight excluding hydrogens is 356 g/mol. The van der Waals surface area contributed by atoms with E-state index in [9.17, 15) is 0 Å². The second kappa shape index (κ2) is 7.29. The van der Waals surface area contributed by atoms with Crippen molar-refractivity contribution < 1.29 is 15.8 Å². The molecular formula is C26H29N2O+. The van der Waals surface area contributed by atoms with Gasteiger partial charge in [0, 0.05) is 41.3 Å². The van der Waals surface area contributed by atoms with E-state index in [4.69, 9.17) is 11.3 Å². The van der Waals surface area contributed by atoms with Gasteiger partial charge in [-0.1, -0.05) is 38.3 Å². The molecule has 29 heavy (non-hydrogen) atoms. The van der Waals surface area contributed by atoms with Crippen LogP contribution >= 0.6 is 0 Å². The molecule has 1 fully saturated rings. The average Bonchev–Trinajstić information content (AvgIpc) is 3.15. The fourth-order valence-corrected chi connectivity index (χ4v) is 4.12. The molecule has 0 amide bonds. The first-order valence-electron chi connectivity index (χ1n) is 12.8. The molecule has 0 atom stereocenters. The maximum atomic E-state index is 9.00. The van der Waals surface area contributed by atoms with Gasteiger partial charge in [0.15, 0.2) is 11.8 Å². The van der Waals surface area contributed by atoms with Crippen molar-refractivity contribution in [1.29, 1.82) is 0 Å². The van der Waals surface area contributed by atoms with Crippen molar-refractivity contribution in [2.24, 2.45) is 7.05 Å². The molecule has 0 unspecified atom stereocenters. The summed E-state index contributed by atoms with van der Waals surface area (Å²) in [6.07, 6.45) is -0.460. The normalized spacial score (nSPS) is 22.5. The van der Waals surface area contributed by atoms with Crippen molar-refractivity contribution in [1.82, 2.24) is 4.98 Å². The summed E-state index contributed by atoms with van der Waals surface area (Å²) >= 11 is 0. The third kappa shape index (κ3) is 3.13. The van der Waals surface area contributed by atoms with Crippen LogP contribution in [-0.2, 0) is 13.5 Å².